The number of anilines is 3. The number of hydrogen-bond acceptors (Lipinski definition) is 9. The van der Waals surface area contributed by atoms with Crippen molar-refractivity contribution in [3.63, 3.8) is 0 Å². The number of aryl methyl sites for hydroxylation is 1. The molecule has 3 atom stereocenters. The van der Waals surface area contributed by atoms with E-state index < -0.39 is 0 Å². The van der Waals surface area contributed by atoms with Gasteiger partial charge in [0.25, 0.3) is 5.91 Å². The number of thiazole rings is 1. The molecule has 9 nitrogen and oxygen atoms in total. The van der Waals surface area contributed by atoms with Gasteiger partial charge in [-0.15, -0.1) is 11.3 Å². The number of likely N-dealkylation sites (tertiary alicyclic amines) is 2. The maximum absolute atomic E-state index is 13.0. The second-order valence-corrected chi connectivity index (χ2v) is 12.6. The molecule has 0 spiro atoms. The van der Waals surface area contributed by atoms with Gasteiger partial charge in [0.2, 0.25) is 5.95 Å². The van der Waals surface area contributed by atoms with Crippen LogP contribution in [0.5, 0.6) is 0 Å². The van der Waals surface area contributed by atoms with Gasteiger partial charge in [0.1, 0.15) is 16.6 Å². The first-order valence-electron chi connectivity index (χ1n) is 14.5. The van der Waals surface area contributed by atoms with Gasteiger partial charge in [0, 0.05) is 73.9 Å². The molecule has 10 heteroatoms. The van der Waals surface area contributed by atoms with E-state index >= 15 is 0 Å². The Bertz CT molecular complexity index is 1570. The zero-order valence-corrected chi connectivity index (χ0v) is 25.3. The fourth-order valence-electron chi connectivity index (χ4n) is 5.97. The van der Waals surface area contributed by atoms with Gasteiger partial charge in [-0.2, -0.15) is 4.98 Å². The number of carbonyl (C=O) groups excluding carboxylic acids is 1. The summed E-state index contributed by atoms with van der Waals surface area (Å²) < 4.78 is 0.991. The quantitative estimate of drug-likeness (QED) is 0.307. The lowest BCUT2D eigenvalue weighted by Gasteiger charge is -2.25. The summed E-state index contributed by atoms with van der Waals surface area (Å²) in [5.41, 5.74) is 3.42. The van der Waals surface area contributed by atoms with Crippen LogP contribution in [0.15, 0.2) is 42.6 Å². The maximum Gasteiger partial charge on any atom is 0.253 e. The molecule has 4 aromatic rings. The highest BCUT2D eigenvalue weighted by molar-refractivity contribution is 7.21. The molecule has 214 valence electrons. The average molecular weight is 571 g/mol. The third-order valence-electron chi connectivity index (χ3n) is 8.39. The highest BCUT2D eigenvalue weighted by Crippen LogP contribution is 2.32. The number of amides is 1. The van der Waals surface area contributed by atoms with Crippen molar-refractivity contribution in [3.8, 4) is 10.6 Å². The van der Waals surface area contributed by atoms with E-state index in [1.165, 1.54) is 0 Å². The van der Waals surface area contributed by atoms with E-state index in [4.69, 9.17) is 15.0 Å². The van der Waals surface area contributed by atoms with E-state index in [2.05, 4.69) is 47.9 Å². The number of rotatable bonds is 7. The zero-order chi connectivity index (χ0) is 28.7. The Morgan fingerprint density at radius 3 is 2.73 bits per heavy atom. The first-order valence-corrected chi connectivity index (χ1v) is 15.3. The fraction of sp³-hybridized carbons (Fsp3) is 0.452. The molecule has 2 saturated heterocycles. The Kier molecular flexibility index (Phi) is 7.61. The van der Waals surface area contributed by atoms with Gasteiger partial charge in [0.15, 0.2) is 0 Å². The Morgan fingerprint density at radius 2 is 1.98 bits per heavy atom. The second kappa shape index (κ2) is 11.3. The summed E-state index contributed by atoms with van der Waals surface area (Å²) in [4.78, 5) is 38.8. The van der Waals surface area contributed by atoms with E-state index in [9.17, 15) is 4.79 Å². The Morgan fingerprint density at radius 1 is 1.12 bits per heavy atom. The number of nitrogens with one attached hydrogen (secondary N) is 1. The summed E-state index contributed by atoms with van der Waals surface area (Å²) in [6.45, 7) is 12.4. The predicted octanol–water partition coefficient (Wildman–Crippen LogP) is 5.60. The Balaban J connectivity index is 1.20. The lowest BCUT2D eigenvalue weighted by atomic mass is 10.1. The molecule has 0 bridgehead atoms. The van der Waals surface area contributed by atoms with Crippen LogP contribution in [0.4, 0.5) is 17.6 Å². The summed E-state index contributed by atoms with van der Waals surface area (Å²) in [6.07, 6.45) is 4.01. The van der Waals surface area contributed by atoms with E-state index in [0.29, 0.717) is 35.2 Å². The van der Waals surface area contributed by atoms with Crippen molar-refractivity contribution < 1.29 is 4.79 Å². The molecule has 1 N–H and O–H groups in total. The molecule has 41 heavy (non-hydrogen) atoms. The second-order valence-electron chi connectivity index (χ2n) is 11.5. The van der Waals surface area contributed by atoms with Crippen LogP contribution in [0.25, 0.3) is 20.8 Å². The molecule has 0 aliphatic carbocycles. The van der Waals surface area contributed by atoms with Crippen molar-refractivity contribution in [1.29, 1.82) is 0 Å². The largest absolute Gasteiger partial charge is 0.339 e. The van der Waals surface area contributed by atoms with Crippen LogP contribution in [0, 0.1) is 12.8 Å². The number of aromatic nitrogens is 4. The first kappa shape index (κ1) is 27.5. The molecular weight excluding hydrogens is 532 g/mol. The third-order valence-corrected chi connectivity index (χ3v) is 9.45. The van der Waals surface area contributed by atoms with Gasteiger partial charge in [-0.25, -0.2) is 15.0 Å². The van der Waals surface area contributed by atoms with E-state index in [1.807, 2.05) is 54.4 Å². The molecule has 3 aromatic heterocycles. The van der Waals surface area contributed by atoms with Crippen molar-refractivity contribution in [2.45, 2.75) is 52.6 Å². The fourth-order valence-corrected chi connectivity index (χ4v) is 6.88. The van der Waals surface area contributed by atoms with Crippen molar-refractivity contribution in [3.05, 3.63) is 53.9 Å². The minimum atomic E-state index is 0.0979. The Labute approximate surface area is 245 Å². The zero-order valence-electron chi connectivity index (χ0n) is 24.5. The summed E-state index contributed by atoms with van der Waals surface area (Å²) in [7, 11) is 2.09. The van der Waals surface area contributed by atoms with Crippen molar-refractivity contribution in [2.24, 2.45) is 5.92 Å². The summed E-state index contributed by atoms with van der Waals surface area (Å²) in [6, 6.07) is 12.7. The minimum absolute atomic E-state index is 0.0979. The molecule has 0 radical (unpaired) electrons. The summed E-state index contributed by atoms with van der Waals surface area (Å²) in [5, 5.41) is 4.25. The lowest BCUT2D eigenvalue weighted by molar-refractivity contribution is 0.0788. The normalized spacial score (nSPS) is 21.1. The van der Waals surface area contributed by atoms with Crippen molar-refractivity contribution in [2.75, 3.05) is 43.4 Å². The SMILES string of the molecule is CCN1CC(N(C)c2nc(C)cc(Nc3cc4nc(-c5cccc(C(=O)N6CC[C@@H](C)C6)c5)sc4cn3)n2)C[C@H]1C. The predicted molar refractivity (Wildman–Crippen MR) is 166 cm³/mol. The number of carbonyl (C=O) groups is 1. The first-order chi connectivity index (χ1) is 19.8. The highest BCUT2D eigenvalue weighted by atomic mass is 32.1. The van der Waals surface area contributed by atoms with Crippen LogP contribution < -0.4 is 10.2 Å². The van der Waals surface area contributed by atoms with E-state index in [0.717, 1.165) is 71.5 Å². The lowest BCUT2D eigenvalue weighted by Crippen LogP contribution is -2.36. The van der Waals surface area contributed by atoms with E-state index in [-0.39, 0.29) is 5.91 Å². The van der Waals surface area contributed by atoms with Crippen molar-refractivity contribution in [1.82, 2.24) is 29.7 Å². The van der Waals surface area contributed by atoms with Crippen molar-refractivity contribution >= 4 is 45.0 Å². The minimum Gasteiger partial charge on any atom is -0.339 e. The van der Waals surface area contributed by atoms with Gasteiger partial charge in [-0.1, -0.05) is 26.0 Å². The molecular formula is C31H38N8OS. The Hall–Kier alpha value is -3.63. The molecule has 2 fully saturated rings. The van der Waals surface area contributed by atoms with Crippen LogP contribution in [0.2, 0.25) is 0 Å². The molecule has 2 aliphatic rings. The highest BCUT2D eigenvalue weighted by Gasteiger charge is 2.31. The molecule has 2 aliphatic heterocycles. The van der Waals surface area contributed by atoms with Gasteiger partial charge in [-0.05, 0) is 51.3 Å². The number of fused-ring (bicyclic) bond motifs is 1. The number of pyridine rings is 1. The summed E-state index contributed by atoms with van der Waals surface area (Å²) in [5.74, 6) is 2.77. The van der Waals surface area contributed by atoms with Gasteiger partial charge in [-0.3, -0.25) is 9.69 Å². The molecule has 5 heterocycles. The number of nitrogens with zero attached hydrogens (tertiary/aromatic N) is 7. The standard InChI is InChI=1S/C31H38N8OS/c1-6-38-18-24(13-21(38)4)37(5)31-33-20(3)12-28(36-31)35-27-15-25-26(16-32-27)41-29(34-25)22-8-7-9-23(14-22)30(40)39-11-10-19(2)17-39/h7-9,12,14-16,19,21,24H,6,10-11,13,17-18H2,1-5H3,(H,32,33,35,36)/t19-,21-,24?/m1/s1. The van der Waals surface area contributed by atoms with Crippen LogP contribution in [0.3, 0.4) is 0 Å². The number of benzene rings is 1. The third kappa shape index (κ3) is 5.76. The molecule has 0 saturated carbocycles. The molecule has 1 aromatic carbocycles. The number of likely N-dealkylation sites (N-methyl/N-ethyl adjacent to an activating group) is 2. The molecule has 1 amide bonds. The average Bonchev–Trinajstić information content (AvgIpc) is 3.69. The van der Waals surface area contributed by atoms with E-state index in [1.54, 1.807) is 11.3 Å². The topological polar surface area (TPSA) is 90.4 Å². The summed E-state index contributed by atoms with van der Waals surface area (Å²) >= 11 is 1.58. The maximum atomic E-state index is 13.0. The van der Waals surface area contributed by atoms with Gasteiger partial charge >= 0.3 is 0 Å². The van der Waals surface area contributed by atoms with Gasteiger partial charge in [0.05, 0.1) is 10.2 Å². The monoisotopic (exact) mass is 570 g/mol. The molecule has 6 rings (SSSR count). The smallest absolute Gasteiger partial charge is 0.253 e. The van der Waals surface area contributed by atoms with Crippen LogP contribution in [0.1, 0.15) is 49.7 Å². The number of hydrogen-bond donors (Lipinski definition) is 1. The van der Waals surface area contributed by atoms with Gasteiger partial charge < -0.3 is 15.1 Å². The molecule has 1 unspecified atom stereocenters. The van der Waals surface area contributed by atoms with Crippen LogP contribution >= 0.6 is 11.3 Å². The van der Waals surface area contributed by atoms with Crippen LogP contribution in [-0.2, 0) is 0 Å². The van der Waals surface area contributed by atoms with Crippen LogP contribution in [-0.4, -0.2) is 81.0 Å².